The number of hydrogen-bond acceptors (Lipinski definition) is 4. The Morgan fingerprint density at radius 1 is 1.06 bits per heavy atom. The minimum absolute atomic E-state index is 0.0586. The van der Waals surface area contributed by atoms with Crippen LogP contribution in [-0.2, 0) is 26.2 Å². The Labute approximate surface area is 218 Å². The van der Waals surface area contributed by atoms with Crippen molar-refractivity contribution in [3.05, 3.63) is 63.1 Å². The summed E-state index contributed by atoms with van der Waals surface area (Å²) in [4.78, 5) is 27.9. The molecule has 0 aliphatic heterocycles. The Bertz CT molecular complexity index is 1170. The Hall–Kier alpha value is -2.29. The Balaban J connectivity index is 2.48. The summed E-state index contributed by atoms with van der Waals surface area (Å²) in [6, 6.07) is 9.30. The van der Waals surface area contributed by atoms with Gasteiger partial charge in [-0.25, -0.2) is 8.42 Å². The minimum Gasteiger partial charge on any atom is -0.352 e. The van der Waals surface area contributed by atoms with E-state index in [1.54, 1.807) is 44.2 Å². The molecule has 0 saturated carbocycles. The first-order valence-electron chi connectivity index (χ1n) is 11.3. The molecule has 2 aromatic rings. The van der Waals surface area contributed by atoms with Gasteiger partial charge in [0.05, 0.1) is 11.9 Å². The van der Waals surface area contributed by atoms with Crippen molar-refractivity contribution in [2.24, 2.45) is 0 Å². The lowest BCUT2D eigenvalue weighted by molar-refractivity contribution is -0.139. The van der Waals surface area contributed by atoms with E-state index in [-0.39, 0.29) is 18.5 Å². The monoisotopic (exact) mass is 541 g/mol. The molecule has 0 aliphatic rings. The summed E-state index contributed by atoms with van der Waals surface area (Å²) in [6.45, 7) is 8.56. The summed E-state index contributed by atoms with van der Waals surface area (Å²) in [6.07, 6.45) is 1.77. The third-order valence-corrected chi connectivity index (χ3v) is 7.69. The van der Waals surface area contributed by atoms with Gasteiger partial charge < -0.3 is 10.2 Å². The number of hydrogen-bond donors (Lipinski definition) is 1. The predicted octanol–water partition coefficient (Wildman–Crippen LogP) is 4.71. The van der Waals surface area contributed by atoms with Crippen LogP contribution in [0.25, 0.3) is 0 Å². The molecular weight excluding hydrogens is 509 g/mol. The lowest BCUT2D eigenvalue weighted by Gasteiger charge is -2.32. The lowest BCUT2D eigenvalue weighted by Crippen LogP contribution is -2.52. The Morgan fingerprint density at radius 2 is 1.66 bits per heavy atom. The van der Waals surface area contributed by atoms with Gasteiger partial charge in [-0.3, -0.25) is 13.9 Å². The van der Waals surface area contributed by atoms with E-state index in [4.69, 9.17) is 23.2 Å². The van der Waals surface area contributed by atoms with Gasteiger partial charge in [0.15, 0.2) is 0 Å². The molecule has 0 unspecified atom stereocenters. The van der Waals surface area contributed by atoms with E-state index >= 15 is 0 Å². The molecular formula is C25H33Cl2N3O4S. The van der Waals surface area contributed by atoms with Gasteiger partial charge in [0, 0.05) is 28.2 Å². The van der Waals surface area contributed by atoms with Crippen LogP contribution in [0.15, 0.2) is 36.4 Å². The normalized spacial score (nSPS) is 13.1. The molecule has 0 fully saturated rings. The molecule has 7 nitrogen and oxygen atoms in total. The molecule has 0 radical (unpaired) electrons. The SMILES string of the molecule is CC[C@@H](C)NC(=O)[C@H](C)N(Cc1c(Cl)cccc1Cl)C(=O)CN(c1ccc(C)cc1C)S(C)(=O)=O. The summed E-state index contributed by atoms with van der Waals surface area (Å²) in [5, 5.41) is 3.57. The molecule has 2 rings (SSSR count). The number of rotatable bonds is 10. The highest BCUT2D eigenvalue weighted by Gasteiger charge is 2.31. The van der Waals surface area contributed by atoms with Crippen LogP contribution in [0.1, 0.15) is 43.9 Å². The quantitative estimate of drug-likeness (QED) is 0.471. The van der Waals surface area contributed by atoms with Crippen molar-refractivity contribution in [1.82, 2.24) is 10.2 Å². The van der Waals surface area contributed by atoms with Crippen molar-refractivity contribution < 1.29 is 18.0 Å². The molecule has 0 heterocycles. The van der Waals surface area contributed by atoms with Crippen LogP contribution in [-0.4, -0.2) is 50.0 Å². The topological polar surface area (TPSA) is 86.8 Å². The zero-order chi connectivity index (χ0) is 26.5. The second-order valence-corrected chi connectivity index (χ2v) is 11.5. The van der Waals surface area contributed by atoms with E-state index in [2.05, 4.69) is 5.32 Å². The molecule has 2 atom stereocenters. The van der Waals surface area contributed by atoms with Crippen molar-refractivity contribution in [2.75, 3.05) is 17.1 Å². The van der Waals surface area contributed by atoms with Gasteiger partial charge in [-0.05, 0) is 57.9 Å². The number of halogens is 2. The molecule has 10 heteroatoms. The largest absolute Gasteiger partial charge is 0.352 e. The van der Waals surface area contributed by atoms with E-state index in [9.17, 15) is 18.0 Å². The fraction of sp³-hybridized carbons (Fsp3) is 0.440. The van der Waals surface area contributed by atoms with Crippen molar-refractivity contribution in [1.29, 1.82) is 0 Å². The second-order valence-electron chi connectivity index (χ2n) is 8.78. The number of carbonyl (C=O) groups excluding carboxylic acids is 2. The first-order valence-corrected chi connectivity index (χ1v) is 13.9. The smallest absolute Gasteiger partial charge is 0.244 e. The van der Waals surface area contributed by atoms with Gasteiger partial charge in [-0.15, -0.1) is 0 Å². The summed E-state index contributed by atoms with van der Waals surface area (Å²) in [5.74, 6) is -0.911. The van der Waals surface area contributed by atoms with Crippen LogP contribution in [0.5, 0.6) is 0 Å². The maximum Gasteiger partial charge on any atom is 0.244 e. The molecule has 2 amide bonds. The van der Waals surface area contributed by atoms with Crippen LogP contribution in [0.2, 0.25) is 10.0 Å². The number of amides is 2. The van der Waals surface area contributed by atoms with Crippen molar-refractivity contribution in [2.45, 2.75) is 59.7 Å². The molecule has 0 bridgehead atoms. The molecule has 192 valence electrons. The molecule has 0 aliphatic carbocycles. The molecule has 1 N–H and O–H groups in total. The van der Waals surface area contributed by atoms with Crippen LogP contribution < -0.4 is 9.62 Å². The van der Waals surface area contributed by atoms with E-state index in [0.29, 0.717) is 26.9 Å². The third-order valence-electron chi connectivity index (χ3n) is 5.86. The zero-order valence-electron chi connectivity index (χ0n) is 20.9. The fourth-order valence-corrected chi connectivity index (χ4v) is 5.01. The van der Waals surface area contributed by atoms with Gasteiger partial charge in [-0.1, -0.05) is 53.9 Å². The van der Waals surface area contributed by atoms with E-state index in [1.165, 1.54) is 4.90 Å². The van der Waals surface area contributed by atoms with E-state index < -0.39 is 28.5 Å². The average Bonchev–Trinajstić information content (AvgIpc) is 2.76. The maximum atomic E-state index is 13.6. The highest BCUT2D eigenvalue weighted by Crippen LogP contribution is 2.28. The van der Waals surface area contributed by atoms with E-state index in [1.807, 2.05) is 26.8 Å². The second kappa shape index (κ2) is 12.1. The van der Waals surface area contributed by atoms with Crippen molar-refractivity contribution in [3.8, 4) is 0 Å². The number of nitrogens with one attached hydrogen (secondary N) is 1. The van der Waals surface area contributed by atoms with Gasteiger partial charge in [-0.2, -0.15) is 0 Å². The highest BCUT2D eigenvalue weighted by atomic mass is 35.5. The first-order chi connectivity index (χ1) is 16.3. The van der Waals surface area contributed by atoms with Crippen LogP contribution in [0, 0.1) is 13.8 Å². The zero-order valence-corrected chi connectivity index (χ0v) is 23.3. The molecule has 0 spiro atoms. The van der Waals surface area contributed by atoms with Gasteiger partial charge in [0.2, 0.25) is 21.8 Å². The standard InChI is InChI=1S/C25H33Cl2N3O4S/c1-7-18(4)28-25(32)19(5)29(14-20-21(26)9-8-10-22(20)27)24(31)15-30(35(6,33)34)23-12-11-16(2)13-17(23)3/h8-13,18-19H,7,14-15H2,1-6H3,(H,28,32)/t18-,19+/m1/s1. The van der Waals surface area contributed by atoms with Crippen molar-refractivity contribution >= 4 is 50.7 Å². The van der Waals surface area contributed by atoms with Crippen LogP contribution in [0.3, 0.4) is 0 Å². The first kappa shape index (κ1) is 28.9. The molecule has 0 aromatic heterocycles. The number of nitrogens with zero attached hydrogens (tertiary/aromatic N) is 2. The number of sulfonamides is 1. The Morgan fingerprint density at radius 3 is 2.17 bits per heavy atom. The van der Waals surface area contributed by atoms with Gasteiger partial charge in [0.25, 0.3) is 0 Å². The average molecular weight is 543 g/mol. The van der Waals surface area contributed by atoms with Crippen molar-refractivity contribution in [3.63, 3.8) is 0 Å². The summed E-state index contributed by atoms with van der Waals surface area (Å²) < 4.78 is 26.5. The predicted molar refractivity (Wildman–Crippen MR) is 142 cm³/mol. The summed E-state index contributed by atoms with van der Waals surface area (Å²) >= 11 is 12.7. The van der Waals surface area contributed by atoms with Crippen LogP contribution >= 0.6 is 23.2 Å². The molecule has 35 heavy (non-hydrogen) atoms. The summed E-state index contributed by atoms with van der Waals surface area (Å²) in [5.41, 5.74) is 2.56. The van der Waals surface area contributed by atoms with E-state index in [0.717, 1.165) is 22.5 Å². The minimum atomic E-state index is -3.81. The number of aryl methyl sites for hydroxylation is 2. The maximum absolute atomic E-state index is 13.6. The fourth-order valence-electron chi connectivity index (χ4n) is 3.58. The lowest BCUT2D eigenvalue weighted by atomic mass is 10.1. The van der Waals surface area contributed by atoms with Gasteiger partial charge in [0.1, 0.15) is 12.6 Å². The van der Waals surface area contributed by atoms with Gasteiger partial charge >= 0.3 is 0 Å². The molecule has 2 aromatic carbocycles. The summed E-state index contributed by atoms with van der Waals surface area (Å²) in [7, 11) is -3.81. The van der Waals surface area contributed by atoms with Crippen LogP contribution in [0.4, 0.5) is 5.69 Å². The number of carbonyl (C=O) groups is 2. The Kier molecular flexibility index (Phi) is 10.0. The molecule has 0 saturated heterocycles. The highest BCUT2D eigenvalue weighted by molar-refractivity contribution is 7.92. The third kappa shape index (κ3) is 7.59. The number of benzene rings is 2. The number of anilines is 1.